The van der Waals surface area contributed by atoms with Crippen LogP contribution in [0.4, 0.5) is 0 Å². The maximum absolute atomic E-state index is 5.99. The van der Waals surface area contributed by atoms with Crippen molar-refractivity contribution in [2.45, 2.75) is 25.9 Å². The average molecular weight is 480 g/mol. The first-order chi connectivity index (χ1) is 11.6. The summed E-state index contributed by atoms with van der Waals surface area (Å²) in [6.07, 6.45) is 2.36. The zero-order valence-corrected chi connectivity index (χ0v) is 17.9. The van der Waals surface area contributed by atoms with Gasteiger partial charge >= 0.3 is 0 Å². The van der Waals surface area contributed by atoms with E-state index in [0.29, 0.717) is 17.0 Å². The molecule has 1 spiro atoms. The molecule has 0 saturated carbocycles. The average Bonchev–Trinajstić information content (AvgIpc) is 3.19. The van der Waals surface area contributed by atoms with Crippen LogP contribution in [0.1, 0.15) is 19.8 Å². The number of hydrogen-bond acceptors (Lipinski definition) is 3. The molecule has 2 aliphatic rings. The Balaban J connectivity index is 0.00000225. The number of aliphatic imine (C=N–C) groups is 1. The topological polar surface area (TPSA) is 46.1 Å². The van der Waals surface area contributed by atoms with Crippen molar-refractivity contribution in [2.24, 2.45) is 10.4 Å². The van der Waals surface area contributed by atoms with E-state index in [1.54, 1.807) is 0 Å². The maximum Gasteiger partial charge on any atom is 0.193 e. The van der Waals surface area contributed by atoms with Crippen molar-refractivity contribution in [3.63, 3.8) is 0 Å². The molecule has 1 aromatic carbocycles. The van der Waals surface area contributed by atoms with Gasteiger partial charge in [-0.05, 0) is 38.0 Å². The van der Waals surface area contributed by atoms with Crippen LogP contribution in [0.15, 0.2) is 29.3 Å². The molecule has 2 aliphatic heterocycles. The lowest BCUT2D eigenvalue weighted by Gasteiger charge is -2.26. The highest BCUT2D eigenvalue weighted by Crippen LogP contribution is 2.38. The summed E-state index contributed by atoms with van der Waals surface area (Å²) in [5.74, 6) is 1.73. The number of likely N-dealkylation sites (tertiary alicyclic amines) is 1. The van der Waals surface area contributed by atoms with Gasteiger partial charge in [0.1, 0.15) is 11.9 Å². The lowest BCUT2D eigenvalue weighted by Crippen LogP contribution is -2.44. The van der Waals surface area contributed by atoms with Crippen LogP contribution in [0.2, 0.25) is 5.02 Å². The molecule has 0 aliphatic carbocycles. The Morgan fingerprint density at radius 3 is 3.00 bits per heavy atom. The van der Waals surface area contributed by atoms with Gasteiger partial charge in [-0.25, -0.2) is 0 Å². The molecule has 0 amide bonds. The molecule has 1 N–H and O–H groups in total. The van der Waals surface area contributed by atoms with Crippen molar-refractivity contribution < 1.29 is 9.47 Å². The molecule has 0 aromatic heterocycles. The first-order valence-electron chi connectivity index (χ1n) is 8.56. The molecular weight excluding hydrogens is 453 g/mol. The Morgan fingerprint density at radius 1 is 1.48 bits per heavy atom. The first-order valence-corrected chi connectivity index (χ1v) is 8.94. The van der Waals surface area contributed by atoms with Gasteiger partial charge in [0.2, 0.25) is 0 Å². The van der Waals surface area contributed by atoms with Crippen molar-refractivity contribution in [1.82, 2.24) is 10.2 Å². The van der Waals surface area contributed by atoms with Crippen LogP contribution in [0, 0.1) is 5.41 Å². The van der Waals surface area contributed by atoms with E-state index in [-0.39, 0.29) is 30.1 Å². The quantitative estimate of drug-likeness (QED) is 0.408. The van der Waals surface area contributed by atoms with Gasteiger partial charge in [-0.15, -0.1) is 24.0 Å². The minimum Gasteiger partial charge on any atom is -0.489 e. The van der Waals surface area contributed by atoms with Gasteiger partial charge in [0.25, 0.3) is 0 Å². The van der Waals surface area contributed by atoms with Gasteiger partial charge in [-0.1, -0.05) is 17.7 Å². The van der Waals surface area contributed by atoms with Crippen LogP contribution in [0.25, 0.3) is 0 Å². The third-order valence-electron chi connectivity index (χ3n) is 4.82. The number of ether oxygens (including phenoxy) is 2. The fraction of sp³-hybridized carbons (Fsp3) is 0.611. The van der Waals surface area contributed by atoms with Crippen molar-refractivity contribution in [3.8, 4) is 5.75 Å². The van der Waals surface area contributed by atoms with Gasteiger partial charge in [-0.2, -0.15) is 0 Å². The third kappa shape index (κ3) is 5.37. The third-order valence-corrected chi connectivity index (χ3v) is 5.05. The minimum absolute atomic E-state index is 0. The predicted molar refractivity (Wildman–Crippen MR) is 112 cm³/mol. The van der Waals surface area contributed by atoms with E-state index in [2.05, 4.69) is 15.2 Å². The molecular formula is C18H27ClIN3O2. The normalized spacial score (nSPS) is 24.3. The summed E-state index contributed by atoms with van der Waals surface area (Å²) >= 11 is 5.99. The van der Waals surface area contributed by atoms with Crippen molar-refractivity contribution in [1.29, 1.82) is 0 Å². The van der Waals surface area contributed by atoms with Crippen LogP contribution in [0.5, 0.6) is 5.75 Å². The van der Waals surface area contributed by atoms with Crippen molar-refractivity contribution in [2.75, 3.05) is 39.9 Å². The second-order valence-electron chi connectivity index (χ2n) is 6.79. The van der Waals surface area contributed by atoms with Gasteiger partial charge in [0, 0.05) is 37.2 Å². The second-order valence-corrected chi connectivity index (χ2v) is 7.22. The van der Waals surface area contributed by atoms with E-state index >= 15 is 0 Å². The molecule has 2 unspecified atom stereocenters. The molecule has 140 valence electrons. The number of guanidine groups is 1. The Bertz CT molecular complexity index is 593. The van der Waals surface area contributed by atoms with E-state index in [1.807, 2.05) is 38.2 Å². The highest BCUT2D eigenvalue weighted by Gasteiger charge is 2.42. The van der Waals surface area contributed by atoms with Crippen LogP contribution in [-0.2, 0) is 4.74 Å². The van der Waals surface area contributed by atoms with Gasteiger partial charge in [0.05, 0.1) is 13.2 Å². The number of hydrogen-bond donors (Lipinski definition) is 1. The van der Waals surface area contributed by atoms with E-state index in [4.69, 9.17) is 21.1 Å². The van der Waals surface area contributed by atoms with Crippen LogP contribution in [-0.4, -0.2) is 56.9 Å². The summed E-state index contributed by atoms with van der Waals surface area (Å²) in [5.41, 5.74) is 0.334. The largest absolute Gasteiger partial charge is 0.489 e. The standard InChI is InChI=1S/C18H26ClN3O2.HI/c1-14(24-16-5-3-4-15(19)10-16)11-21-17(20-2)22-8-6-18(12-22)7-9-23-13-18;/h3-5,10,14H,6-9,11-13H2,1-2H3,(H,20,21);1H. The summed E-state index contributed by atoms with van der Waals surface area (Å²) in [6, 6.07) is 7.48. The van der Waals surface area contributed by atoms with Crippen molar-refractivity contribution in [3.05, 3.63) is 29.3 Å². The number of nitrogens with zero attached hydrogens (tertiary/aromatic N) is 2. The summed E-state index contributed by atoms with van der Waals surface area (Å²) in [7, 11) is 1.83. The molecule has 1 aromatic rings. The number of rotatable bonds is 4. The van der Waals surface area contributed by atoms with Crippen LogP contribution in [0.3, 0.4) is 0 Å². The van der Waals surface area contributed by atoms with E-state index < -0.39 is 0 Å². The molecule has 7 heteroatoms. The number of nitrogens with one attached hydrogen (secondary N) is 1. The zero-order chi connectivity index (χ0) is 17.0. The van der Waals surface area contributed by atoms with Crippen molar-refractivity contribution >= 4 is 41.5 Å². The summed E-state index contributed by atoms with van der Waals surface area (Å²) in [6.45, 7) is 6.57. The molecule has 0 bridgehead atoms. The van der Waals surface area contributed by atoms with Crippen LogP contribution >= 0.6 is 35.6 Å². The lowest BCUT2D eigenvalue weighted by molar-refractivity contribution is 0.156. The molecule has 2 atom stereocenters. The molecule has 2 saturated heterocycles. The van der Waals surface area contributed by atoms with E-state index in [1.165, 1.54) is 6.42 Å². The first kappa shape index (κ1) is 20.6. The Morgan fingerprint density at radius 2 is 2.32 bits per heavy atom. The fourth-order valence-corrected chi connectivity index (χ4v) is 3.65. The highest BCUT2D eigenvalue weighted by atomic mass is 127. The number of halogens is 2. The van der Waals surface area contributed by atoms with Gasteiger partial charge in [-0.3, -0.25) is 4.99 Å². The summed E-state index contributed by atoms with van der Waals surface area (Å²) < 4.78 is 11.5. The van der Waals surface area contributed by atoms with Crippen LogP contribution < -0.4 is 10.1 Å². The number of benzene rings is 1. The molecule has 2 fully saturated rings. The summed E-state index contributed by atoms with van der Waals surface area (Å²) in [4.78, 5) is 6.77. The molecule has 0 radical (unpaired) electrons. The highest BCUT2D eigenvalue weighted by molar-refractivity contribution is 14.0. The summed E-state index contributed by atoms with van der Waals surface area (Å²) in [5, 5.41) is 4.11. The monoisotopic (exact) mass is 479 g/mol. The molecule has 3 rings (SSSR count). The fourth-order valence-electron chi connectivity index (χ4n) is 3.47. The van der Waals surface area contributed by atoms with E-state index in [0.717, 1.165) is 44.4 Å². The molecule has 2 heterocycles. The predicted octanol–water partition coefficient (Wildman–Crippen LogP) is 3.41. The zero-order valence-electron chi connectivity index (χ0n) is 14.8. The molecule has 5 nitrogen and oxygen atoms in total. The SMILES string of the molecule is CN=C(NCC(C)Oc1cccc(Cl)c1)N1CCC2(CCOC2)C1.I. The second kappa shape index (κ2) is 9.28. The van der Waals surface area contributed by atoms with Gasteiger partial charge < -0.3 is 19.7 Å². The molecule has 25 heavy (non-hydrogen) atoms. The van der Waals surface area contributed by atoms with Gasteiger partial charge in [0.15, 0.2) is 5.96 Å². The Kier molecular flexibility index (Phi) is 7.64. The Labute approximate surface area is 172 Å². The maximum atomic E-state index is 5.99. The lowest BCUT2D eigenvalue weighted by atomic mass is 9.87. The van der Waals surface area contributed by atoms with E-state index in [9.17, 15) is 0 Å². The minimum atomic E-state index is 0. The Hall–Kier alpha value is -0.730. The smallest absolute Gasteiger partial charge is 0.193 e.